The highest BCUT2D eigenvalue weighted by atomic mass is 35.5. The summed E-state index contributed by atoms with van der Waals surface area (Å²) >= 11 is 7.64. The molecule has 3 heterocycles. The highest BCUT2D eigenvalue weighted by Gasteiger charge is 2.27. The predicted octanol–water partition coefficient (Wildman–Crippen LogP) is 3.54. The number of amides is 1. The lowest BCUT2D eigenvalue weighted by Gasteiger charge is -2.37. The molecule has 1 unspecified atom stereocenters. The first-order valence-electron chi connectivity index (χ1n) is 9.46. The molecule has 6 nitrogen and oxygen atoms in total. The maximum absolute atomic E-state index is 13.0. The number of thiophene rings is 1. The molecule has 0 N–H and O–H groups in total. The minimum atomic E-state index is -0.653. The van der Waals surface area contributed by atoms with Gasteiger partial charge in [-0.25, -0.2) is 4.68 Å². The first kappa shape index (κ1) is 19.7. The van der Waals surface area contributed by atoms with Gasteiger partial charge in [-0.05, 0) is 42.6 Å². The second-order valence-electron chi connectivity index (χ2n) is 6.95. The van der Waals surface area contributed by atoms with Crippen molar-refractivity contribution in [2.24, 2.45) is 0 Å². The maximum Gasteiger partial charge on any atom is 0.267 e. The van der Waals surface area contributed by atoms with Gasteiger partial charge in [-0.2, -0.15) is 5.10 Å². The molecule has 1 atom stereocenters. The summed E-state index contributed by atoms with van der Waals surface area (Å²) < 4.78 is 1.29. The molecule has 0 saturated carbocycles. The Hall–Kier alpha value is -2.64. The standard InChI is InChI=1S/C21H21ClN4O2S/c1-15(26-20(27)8-7-18(23-26)19-6-3-13-29-19)21(28)25-11-9-24(10-12-25)17-5-2-4-16(22)14-17/h2-8,13-15H,9-12H2,1H3. The molecule has 0 aliphatic carbocycles. The van der Waals surface area contributed by atoms with Crippen molar-refractivity contribution in [3.63, 3.8) is 0 Å². The Balaban J connectivity index is 1.46. The van der Waals surface area contributed by atoms with E-state index in [1.54, 1.807) is 29.2 Å². The molecule has 0 bridgehead atoms. The van der Waals surface area contributed by atoms with Crippen LogP contribution in [0.15, 0.2) is 58.7 Å². The van der Waals surface area contributed by atoms with Gasteiger partial charge in [-0.15, -0.1) is 11.3 Å². The van der Waals surface area contributed by atoms with E-state index in [1.807, 2.05) is 41.8 Å². The van der Waals surface area contributed by atoms with Crippen LogP contribution in [0.25, 0.3) is 10.6 Å². The van der Waals surface area contributed by atoms with Crippen molar-refractivity contribution in [2.75, 3.05) is 31.1 Å². The topological polar surface area (TPSA) is 58.4 Å². The Labute approximate surface area is 177 Å². The second kappa shape index (κ2) is 8.39. The third-order valence-corrected chi connectivity index (χ3v) is 6.22. The monoisotopic (exact) mass is 428 g/mol. The van der Waals surface area contributed by atoms with E-state index >= 15 is 0 Å². The normalized spacial score (nSPS) is 15.4. The number of rotatable bonds is 4. The van der Waals surface area contributed by atoms with Crippen LogP contribution >= 0.6 is 22.9 Å². The van der Waals surface area contributed by atoms with Crippen LogP contribution in [0.2, 0.25) is 5.02 Å². The van der Waals surface area contributed by atoms with E-state index < -0.39 is 6.04 Å². The highest BCUT2D eigenvalue weighted by molar-refractivity contribution is 7.13. The van der Waals surface area contributed by atoms with E-state index in [-0.39, 0.29) is 11.5 Å². The molecule has 0 spiro atoms. The number of carbonyl (C=O) groups is 1. The van der Waals surface area contributed by atoms with Gasteiger partial charge in [0.1, 0.15) is 11.7 Å². The Kier molecular flexibility index (Phi) is 5.69. The highest BCUT2D eigenvalue weighted by Crippen LogP contribution is 2.23. The van der Waals surface area contributed by atoms with Crippen LogP contribution in [0.5, 0.6) is 0 Å². The van der Waals surface area contributed by atoms with Gasteiger partial charge in [0, 0.05) is 43.0 Å². The Morgan fingerprint density at radius 1 is 1.10 bits per heavy atom. The molecule has 1 aromatic carbocycles. The Bertz CT molecular complexity index is 1060. The quantitative estimate of drug-likeness (QED) is 0.637. The van der Waals surface area contributed by atoms with E-state index in [4.69, 9.17) is 11.6 Å². The lowest BCUT2D eigenvalue weighted by molar-refractivity contribution is -0.135. The molecule has 29 heavy (non-hydrogen) atoms. The predicted molar refractivity (Wildman–Crippen MR) is 117 cm³/mol. The summed E-state index contributed by atoms with van der Waals surface area (Å²) in [5.74, 6) is -0.0892. The number of hydrogen-bond donors (Lipinski definition) is 0. The van der Waals surface area contributed by atoms with Crippen molar-refractivity contribution in [1.29, 1.82) is 0 Å². The summed E-state index contributed by atoms with van der Waals surface area (Å²) in [5, 5.41) is 7.10. The number of halogens is 1. The van der Waals surface area contributed by atoms with Gasteiger partial charge < -0.3 is 9.80 Å². The number of piperazine rings is 1. The molecular formula is C21H21ClN4O2S. The fourth-order valence-electron chi connectivity index (χ4n) is 3.49. The minimum absolute atomic E-state index is 0.0892. The molecule has 1 saturated heterocycles. The summed E-state index contributed by atoms with van der Waals surface area (Å²) in [6, 6.07) is 14.1. The van der Waals surface area contributed by atoms with Gasteiger partial charge in [-0.3, -0.25) is 9.59 Å². The van der Waals surface area contributed by atoms with Gasteiger partial charge in [0.15, 0.2) is 0 Å². The summed E-state index contributed by atoms with van der Waals surface area (Å²) in [6.45, 7) is 4.36. The smallest absolute Gasteiger partial charge is 0.267 e. The van der Waals surface area contributed by atoms with E-state index in [2.05, 4.69) is 10.00 Å². The van der Waals surface area contributed by atoms with E-state index in [1.165, 1.54) is 10.7 Å². The number of nitrogens with zero attached hydrogens (tertiary/aromatic N) is 4. The largest absolute Gasteiger partial charge is 0.368 e. The van der Waals surface area contributed by atoms with Crippen molar-refractivity contribution in [2.45, 2.75) is 13.0 Å². The Morgan fingerprint density at radius 2 is 1.90 bits per heavy atom. The zero-order chi connectivity index (χ0) is 20.4. The Morgan fingerprint density at radius 3 is 2.59 bits per heavy atom. The van der Waals surface area contributed by atoms with Crippen molar-refractivity contribution in [1.82, 2.24) is 14.7 Å². The molecule has 1 aliphatic rings. The first-order valence-corrected chi connectivity index (χ1v) is 10.7. The van der Waals surface area contributed by atoms with E-state index in [9.17, 15) is 9.59 Å². The number of carbonyl (C=O) groups excluding carboxylic acids is 1. The molecule has 0 radical (unpaired) electrons. The zero-order valence-electron chi connectivity index (χ0n) is 16.0. The van der Waals surface area contributed by atoms with Crippen LogP contribution in [0.1, 0.15) is 13.0 Å². The molecule has 150 valence electrons. The zero-order valence-corrected chi connectivity index (χ0v) is 17.6. The van der Waals surface area contributed by atoms with Crippen molar-refractivity contribution < 1.29 is 4.79 Å². The van der Waals surface area contributed by atoms with Crippen LogP contribution in [0.4, 0.5) is 5.69 Å². The third-order valence-electron chi connectivity index (χ3n) is 5.09. The van der Waals surface area contributed by atoms with Gasteiger partial charge in [-0.1, -0.05) is 23.7 Å². The molecule has 8 heteroatoms. The summed E-state index contributed by atoms with van der Waals surface area (Å²) in [5.41, 5.74) is 1.48. The number of anilines is 1. The average Bonchev–Trinajstić information content (AvgIpc) is 3.28. The minimum Gasteiger partial charge on any atom is -0.368 e. The van der Waals surface area contributed by atoms with Crippen LogP contribution < -0.4 is 10.5 Å². The maximum atomic E-state index is 13.0. The average molecular weight is 429 g/mol. The first-order chi connectivity index (χ1) is 14.0. The van der Waals surface area contributed by atoms with Gasteiger partial charge in [0.25, 0.3) is 5.56 Å². The van der Waals surface area contributed by atoms with Crippen molar-refractivity contribution >= 4 is 34.5 Å². The molecule has 3 aromatic rings. The van der Waals surface area contributed by atoms with Gasteiger partial charge >= 0.3 is 0 Å². The van der Waals surface area contributed by atoms with Crippen LogP contribution in [-0.4, -0.2) is 46.8 Å². The summed E-state index contributed by atoms with van der Waals surface area (Å²) in [6.07, 6.45) is 0. The molecule has 2 aromatic heterocycles. The van der Waals surface area contributed by atoms with Crippen LogP contribution in [0.3, 0.4) is 0 Å². The third kappa shape index (κ3) is 4.21. The van der Waals surface area contributed by atoms with Gasteiger partial charge in [0.2, 0.25) is 5.91 Å². The number of aromatic nitrogens is 2. The summed E-state index contributed by atoms with van der Waals surface area (Å²) in [7, 11) is 0. The molecule has 1 aliphatic heterocycles. The molecule has 4 rings (SSSR count). The number of hydrogen-bond acceptors (Lipinski definition) is 5. The van der Waals surface area contributed by atoms with Crippen LogP contribution in [0, 0.1) is 0 Å². The lowest BCUT2D eigenvalue weighted by atomic mass is 10.2. The van der Waals surface area contributed by atoms with Crippen molar-refractivity contribution in [3.05, 3.63) is 69.3 Å². The lowest BCUT2D eigenvalue weighted by Crippen LogP contribution is -2.51. The van der Waals surface area contributed by atoms with Crippen molar-refractivity contribution in [3.8, 4) is 10.6 Å². The van der Waals surface area contributed by atoms with Crippen LogP contribution in [-0.2, 0) is 4.79 Å². The van der Waals surface area contributed by atoms with E-state index in [0.29, 0.717) is 23.8 Å². The van der Waals surface area contributed by atoms with E-state index in [0.717, 1.165) is 23.7 Å². The molecule has 1 amide bonds. The SMILES string of the molecule is CC(C(=O)N1CCN(c2cccc(Cl)c2)CC1)n1nc(-c2cccs2)ccc1=O. The molecule has 1 fully saturated rings. The fraction of sp³-hybridized carbons (Fsp3) is 0.286. The fourth-order valence-corrected chi connectivity index (χ4v) is 4.36. The number of benzene rings is 1. The van der Waals surface area contributed by atoms with Gasteiger partial charge in [0.05, 0.1) is 4.88 Å². The second-order valence-corrected chi connectivity index (χ2v) is 8.33. The molecular weight excluding hydrogens is 408 g/mol. The summed E-state index contributed by atoms with van der Waals surface area (Å²) in [4.78, 5) is 30.4.